The molecule has 0 saturated carbocycles. The molecule has 0 fully saturated rings. The van der Waals surface area contributed by atoms with Crippen molar-refractivity contribution in [2.75, 3.05) is 4.90 Å². The number of halogens is 1. The van der Waals surface area contributed by atoms with Crippen LogP contribution in [0.1, 0.15) is 11.1 Å². The minimum absolute atomic E-state index is 0.147. The summed E-state index contributed by atoms with van der Waals surface area (Å²) in [5, 5.41) is 18.7. The summed E-state index contributed by atoms with van der Waals surface area (Å²) < 4.78 is 14.3. The summed E-state index contributed by atoms with van der Waals surface area (Å²) in [5.41, 5.74) is 8.59. The molecular formula is C38H24FN3. The molecule has 0 aliphatic rings. The number of nitrogens with zero attached hydrogens (tertiary/aromatic N) is 3. The first-order valence-corrected chi connectivity index (χ1v) is 13.5. The normalized spacial score (nSPS) is 10.5. The van der Waals surface area contributed by atoms with E-state index in [0.717, 1.165) is 44.9 Å². The Balaban J connectivity index is 1.40. The van der Waals surface area contributed by atoms with Crippen LogP contribution in [0, 0.1) is 28.5 Å². The number of nitriles is 2. The SMILES string of the molecule is N#Cc1cc(-c2ccc(N(c3ccc(-c4ccccc4)cc3)c3ccc(-c4ccccc4)cc3)cc2)cc(C#N)c1F. The van der Waals surface area contributed by atoms with Crippen molar-refractivity contribution >= 4 is 17.1 Å². The fraction of sp³-hybridized carbons (Fsp3) is 0. The molecule has 6 rings (SSSR count). The third-order valence-corrected chi connectivity index (χ3v) is 7.24. The van der Waals surface area contributed by atoms with Gasteiger partial charge in [-0.1, -0.05) is 97.1 Å². The Labute approximate surface area is 244 Å². The lowest BCUT2D eigenvalue weighted by molar-refractivity contribution is 0.620. The van der Waals surface area contributed by atoms with Crippen molar-refractivity contribution in [1.82, 2.24) is 0 Å². The van der Waals surface area contributed by atoms with E-state index in [4.69, 9.17) is 0 Å². The molecule has 0 saturated heterocycles. The number of hydrogen-bond donors (Lipinski definition) is 0. The average Bonchev–Trinajstić information content (AvgIpc) is 3.07. The molecule has 0 bridgehead atoms. The maximum Gasteiger partial charge on any atom is 0.158 e. The first kappa shape index (κ1) is 26.3. The van der Waals surface area contributed by atoms with E-state index in [2.05, 4.69) is 77.7 Å². The molecule has 6 aromatic rings. The molecule has 0 N–H and O–H groups in total. The number of benzene rings is 6. The van der Waals surface area contributed by atoms with Crippen LogP contribution < -0.4 is 4.90 Å². The summed E-state index contributed by atoms with van der Waals surface area (Å²) in [6.07, 6.45) is 0. The van der Waals surface area contributed by atoms with Gasteiger partial charge in [-0.05, 0) is 81.9 Å². The second-order valence-electron chi connectivity index (χ2n) is 9.82. The lowest BCUT2D eigenvalue weighted by Crippen LogP contribution is -2.09. The Kier molecular flexibility index (Phi) is 7.28. The van der Waals surface area contributed by atoms with E-state index in [1.165, 1.54) is 12.1 Å². The molecule has 0 radical (unpaired) electrons. The fourth-order valence-electron chi connectivity index (χ4n) is 5.07. The van der Waals surface area contributed by atoms with Crippen molar-refractivity contribution in [3.63, 3.8) is 0 Å². The molecule has 6 aromatic carbocycles. The Bertz CT molecular complexity index is 1800. The van der Waals surface area contributed by atoms with Gasteiger partial charge in [0.1, 0.15) is 12.1 Å². The summed E-state index contributed by atoms with van der Waals surface area (Å²) in [4.78, 5) is 2.18. The summed E-state index contributed by atoms with van der Waals surface area (Å²) in [6.45, 7) is 0. The third kappa shape index (κ3) is 5.26. The van der Waals surface area contributed by atoms with Crippen LogP contribution in [-0.2, 0) is 0 Å². The maximum absolute atomic E-state index is 14.3. The van der Waals surface area contributed by atoms with Crippen molar-refractivity contribution in [2.45, 2.75) is 0 Å². The Hall–Kier alpha value is -5.97. The molecule has 4 heteroatoms. The molecule has 0 spiro atoms. The van der Waals surface area contributed by atoms with Gasteiger partial charge in [0.05, 0.1) is 11.1 Å². The standard InChI is InChI=1S/C38H24FN3/c39-38-33(25-40)23-32(24-34(38)26-41)31-15-21-37(22-16-31)42(35-17-11-29(12-18-35)27-7-3-1-4-8-27)36-19-13-30(14-20-36)28-9-5-2-6-10-28/h1-24H. The van der Waals surface area contributed by atoms with E-state index in [1.807, 2.05) is 72.8 Å². The van der Waals surface area contributed by atoms with Crippen LogP contribution in [0.2, 0.25) is 0 Å². The van der Waals surface area contributed by atoms with E-state index in [0.29, 0.717) is 5.56 Å². The largest absolute Gasteiger partial charge is 0.311 e. The summed E-state index contributed by atoms with van der Waals surface area (Å²) in [5.74, 6) is -0.788. The number of rotatable bonds is 6. The number of anilines is 3. The third-order valence-electron chi connectivity index (χ3n) is 7.24. The van der Waals surface area contributed by atoms with Crippen molar-refractivity contribution in [3.05, 3.63) is 163 Å². The van der Waals surface area contributed by atoms with Gasteiger partial charge in [0.15, 0.2) is 5.82 Å². The minimum atomic E-state index is -0.788. The molecule has 0 unspecified atom stereocenters. The summed E-state index contributed by atoms with van der Waals surface area (Å²) in [6, 6.07) is 52.0. The molecule has 0 heterocycles. The topological polar surface area (TPSA) is 50.8 Å². The van der Waals surface area contributed by atoms with Gasteiger partial charge in [-0.25, -0.2) is 4.39 Å². The molecule has 0 aliphatic carbocycles. The van der Waals surface area contributed by atoms with E-state index in [-0.39, 0.29) is 11.1 Å². The summed E-state index contributed by atoms with van der Waals surface area (Å²) in [7, 11) is 0. The highest BCUT2D eigenvalue weighted by Crippen LogP contribution is 2.38. The second kappa shape index (κ2) is 11.6. The molecule has 0 amide bonds. The van der Waals surface area contributed by atoms with Crippen LogP contribution in [0.25, 0.3) is 33.4 Å². The smallest absolute Gasteiger partial charge is 0.158 e. The predicted octanol–water partition coefficient (Wildman–Crippen LogP) is 10.0. The van der Waals surface area contributed by atoms with Crippen molar-refractivity contribution < 1.29 is 4.39 Å². The van der Waals surface area contributed by atoms with Gasteiger partial charge < -0.3 is 4.90 Å². The van der Waals surface area contributed by atoms with Crippen molar-refractivity contribution in [2.24, 2.45) is 0 Å². The molecule has 0 aromatic heterocycles. The highest BCUT2D eigenvalue weighted by molar-refractivity contribution is 5.81. The van der Waals surface area contributed by atoms with Crippen LogP contribution in [-0.4, -0.2) is 0 Å². The Morgan fingerprint density at radius 2 is 0.714 bits per heavy atom. The molecular weight excluding hydrogens is 517 g/mol. The Morgan fingerprint density at radius 1 is 0.405 bits per heavy atom. The highest BCUT2D eigenvalue weighted by atomic mass is 19.1. The quantitative estimate of drug-likeness (QED) is 0.211. The lowest BCUT2D eigenvalue weighted by atomic mass is 9.99. The van der Waals surface area contributed by atoms with Crippen molar-refractivity contribution in [1.29, 1.82) is 10.5 Å². The first-order chi connectivity index (χ1) is 20.6. The molecule has 198 valence electrons. The molecule has 42 heavy (non-hydrogen) atoms. The van der Waals surface area contributed by atoms with Gasteiger partial charge in [-0.2, -0.15) is 10.5 Å². The van der Waals surface area contributed by atoms with E-state index < -0.39 is 5.82 Å². The van der Waals surface area contributed by atoms with Crippen LogP contribution in [0.15, 0.2) is 146 Å². The van der Waals surface area contributed by atoms with Gasteiger partial charge >= 0.3 is 0 Å². The summed E-state index contributed by atoms with van der Waals surface area (Å²) >= 11 is 0. The average molecular weight is 542 g/mol. The van der Waals surface area contributed by atoms with E-state index >= 15 is 0 Å². The maximum atomic E-state index is 14.3. The van der Waals surface area contributed by atoms with Crippen LogP contribution >= 0.6 is 0 Å². The minimum Gasteiger partial charge on any atom is -0.311 e. The van der Waals surface area contributed by atoms with Gasteiger partial charge in [0, 0.05) is 17.1 Å². The zero-order valence-electron chi connectivity index (χ0n) is 22.6. The molecule has 3 nitrogen and oxygen atoms in total. The highest BCUT2D eigenvalue weighted by Gasteiger charge is 2.15. The first-order valence-electron chi connectivity index (χ1n) is 13.5. The molecule has 0 aliphatic heterocycles. The zero-order valence-corrected chi connectivity index (χ0v) is 22.6. The van der Waals surface area contributed by atoms with Crippen LogP contribution in [0.5, 0.6) is 0 Å². The van der Waals surface area contributed by atoms with Crippen LogP contribution in [0.4, 0.5) is 21.5 Å². The van der Waals surface area contributed by atoms with Crippen LogP contribution in [0.3, 0.4) is 0 Å². The van der Waals surface area contributed by atoms with Gasteiger partial charge in [0.2, 0.25) is 0 Å². The van der Waals surface area contributed by atoms with Gasteiger partial charge in [0.25, 0.3) is 0 Å². The monoisotopic (exact) mass is 541 g/mol. The van der Waals surface area contributed by atoms with E-state index in [1.54, 1.807) is 0 Å². The second-order valence-corrected chi connectivity index (χ2v) is 9.82. The Morgan fingerprint density at radius 3 is 1.05 bits per heavy atom. The van der Waals surface area contributed by atoms with Gasteiger partial charge in [-0.3, -0.25) is 0 Å². The zero-order chi connectivity index (χ0) is 28.9. The fourth-order valence-corrected chi connectivity index (χ4v) is 5.07. The predicted molar refractivity (Wildman–Crippen MR) is 167 cm³/mol. The number of hydrogen-bond acceptors (Lipinski definition) is 3. The van der Waals surface area contributed by atoms with Crippen molar-refractivity contribution in [3.8, 4) is 45.5 Å². The molecule has 0 atom stereocenters. The van der Waals surface area contributed by atoms with Gasteiger partial charge in [-0.15, -0.1) is 0 Å². The lowest BCUT2D eigenvalue weighted by Gasteiger charge is -2.26. The van der Waals surface area contributed by atoms with E-state index in [9.17, 15) is 14.9 Å².